The second-order valence-corrected chi connectivity index (χ2v) is 11.0. The van der Waals surface area contributed by atoms with Crippen molar-refractivity contribution in [2.45, 2.75) is 45.9 Å². The summed E-state index contributed by atoms with van der Waals surface area (Å²) in [5.41, 5.74) is 4.62. The van der Waals surface area contributed by atoms with Gasteiger partial charge >= 0.3 is 5.97 Å². The third kappa shape index (κ3) is 5.17. The summed E-state index contributed by atoms with van der Waals surface area (Å²) >= 11 is 1.06. The van der Waals surface area contributed by atoms with E-state index in [2.05, 4.69) is 18.6 Å². The summed E-state index contributed by atoms with van der Waals surface area (Å²) < 4.78 is 28.6. The quantitative estimate of drug-likeness (QED) is 0.453. The van der Waals surface area contributed by atoms with Gasteiger partial charge in [-0.15, -0.1) is 11.3 Å². The van der Waals surface area contributed by atoms with Crippen molar-refractivity contribution in [3.05, 3.63) is 69.6 Å². The van der Waals surface area contributed by atoms with E-state index in [1.807, 2.05) is 44.2 Å². The number of anilines is 1. The Labute approximate surface area is 187 Å². The second kappa shape index (κ2) is 8.85. The minimum atomic E-state index is -3.94. The molecule has 2 N–H and O–H groups in total. The molecule has 7 heteroatoms. The Bertz CT molecular complexity index is 1220. The second-order valence-electron chi connectivity index (χ2n) is 8.26. The monoisotopic (exact) mass is 457 g/mol. The summed E-state index contributed by atoms with van der Waals surface area (Å²) in [6, 6.07) is 13.0. The Morgan fingerprint density at radius 3 is 2.19 bits per heavy atom. The molecule has 0 spiro atoms. The minimum Gasteiger partial charge on any atom is -0.477 e. The zero-order valence-corrected chi connectivity index (χ0v) is 19.9. The van der Waals surface area contributed by atoms with Gasteiger partial charge in [0.15, 0.2) is 0 Å². The maximum Gasteiger partial charge on any atom is 0.348 e. The molecule has 31 heavy (non-hydrogen) atoms. The maximum absolute atomic E-state index is 13.1. The smallest absolute Gasteiger partial charge is 0.348 e. The number of hydrogen-bond acceptors (Lipinski definition) is 4. The van der Waals surface area contributed by atoms with Crippen molar-refractivity contribution in [2.75, 3.05) is 4.72 Å². The van der Waals surface area contributed by atoms with Crippen LogP contribution >= 0.6 is 11.3 Å². The molecule has 0 aliphatic carbocycles. The number of thiophene rings is 1. The van der Waals surface area contributed by atoms with E-state index in [0.29, 0.717) is 16.4 Å². The van der Waals surface area contributed by atoms with Gasteiger partial charge in [-0.1, -0.05) is 44.2 Å². The molecule has 0 saturated heterocycles. The first-order valence-electron chi connectivity index (χ1n) is 10.0. The minimum absolute atomic E-state index is 0.0358. The van der Waals surface area contributed by atoms with Gasteiger partial charge in [-0.05, 0) is 73.1 Å². The number of carboxylic acids is 1. The zero-order chi connectivity index (χ0) is 22.9. The molecular formula is C24H27NO4S2. The first-order valence-corrected chi connectivity index (χ1v) is 12.3. The average Bonchev–Trinajstić information content (AvgIpc) is 3.08. The highest BCUT2D eigenvalue weighted by atomic mass is 32.2. The highest BCUT2D eigenvalue weighted by Gasteiger charge is 2.24. The molecule has 0 aliphatic heterocycles. The molecule has 0 saturated carbocycles. The van der Waals surface area contributed by atoms with Gasteiger partial charge in [0.2, 0.25) is 0 Å². The first-order chi connectivity index (χ1) is 14.5. The first kappa shape index (κ1) is 23.0. The summed E-state index contributed by atoms with van der Waals surface area (Å²) in [4.78, 5) is 12.6. The van der Waals surface area contributed by atoms with Crippen molar-refractivity contribution >= 4 is 33.0 Å². The van der Waals surface area contributed by atoms with Gasteiger partial charge in [-0.2, -0.15) is 0 Å². The predicted molar refractivity (Wildman–Crippen MR) is 127 cm³/mol. The van der Waals surface area contributed by atoms with Crippen LogP contribution in [0.3, 0.4) is 0 Å². The summed E-state index contributed by atoms with van der Waals surface area (Å²) in [6.45, 7) is 9.81. The van der Waals surface area contributed by atoms with E-state index in [1.54, 1.807) is 19.1 Å². The van der Waals surface area contributed by atoms with Crippen molar-refractivity contribution in [3.63, 3.8) is 0 Å². The fraction of sp³-hybridized carbons (Fsp3) is 0.292. The maximum atomic E-state index is 13.1. The number of rotatable bonds is 7. The highest BCUT2D eigenvalue weighted by molar-refractivity contribution is 7.92. The molecule has 0 bridgehead atoms. The summed E-state index contributed by atoms with van der Waals surface area (Å²) in [5, 5.41) is 9.65. The fourth-order valence-electron chi connectivity index (χ4n) is 3.47. The Balaban J connectivity index is 1.98. The van der Waals surface area contributed by atoms with Crippen molar-refractivity contribution in [2.24, 2.45) is 5.92 Å². The molecule has 0 aliphatic rings. The Morgan fingerprint density at radius 1 is 1.00 bits per heavy atom. The number of carbonyl (C=O) groups is 1. The van der Waals surface area contributed by atoms with Crippen LogP contribution in [0, 0.1) is 26.7 Å². The molecule has 0 radical (unpaired) electrons. The van der Waals surface area contributed by atoms with Crippen molar-refractivity contribution in [1.82, 2.24) is 0 Å². The van der Waals surface area contributed by atoms with E-state index < -0.39 is 16.0 Å². The summed E-state index contributed by atoms with van der Waals surface area (Å²) in [6.07, 6.45) is 0.964. The molecule has 0 unspecified atom stereocenters. The third-order valence-corrected chi connectivity index (χ3v) is 7.81. The van der Waals surface area contributed by atoms with Crippen LogP contribution < -0.4 is 4.72 Å². The molecule has 1 heterocycles. The number of aromatic carboxylic acids is 1. The lowest BCUT2D eigenvalue weighted by atomic mass is 10.0. The number of hydrogen-bond donors (Lipinski definition) is 2. The molecule has 0 amide bonds. The number of benzene rings is 2. The van der Waals surface area contributed by atoms with Crippen LogP contribution in [0.15, 0.2) is 47.4 Å². The van der Waals surface area contributed by atoms with Crippen molar-refractivity contribution in [1.29, 1.82) is 0 Å². The van der Waals surface area contributed by atoms with Gasteiger partial charge < -0.3 is 5.11 Å². The Morgan fingerprint density at radius 2 is 1.61 bits per heavy atom. The standard InChI is InChI=1S/C24H27NO4S2/c1-14(2)10-18-6-8-19(9-7-18)21-13-20(23(30-21)24(26)27)25-31(28,29)22-12-16(4)15(3)11-17(22)5/h6-9,11-14,25H,10H2,1-5H3,(H,26,27). The number of nitrogens with one attached hydrogen (secondary N) is 1. The van der Waals surface area contributed by atoms with E-state index >= 15 is 0 Å². The normalized spacial score (nSPS) is 11.7. The largest absolute Gasteiger partial charge is 0.477 e. The number of aryl methyl sites for hydroxylation is 3. The van der Waals surface area contributed by atoms with E-state index in [4.69, 9.17) is 0 Å². The Hall–Kier alpha value is -2.64. The molecule has 0 fully saturated rings. The average molecular weight is 458 g/mol. The SMILES string of the molecule is Cc1cc(C)c(S(=O)(=O)Nc2cc(-c3ccc(CC(C)C)cc3)sc2C(=O)O)cc1C. The highest BCUT2D eigenvalue weighted by Crippen LogP contribution is 2.36. The lowest BCUT2D eigenvalue weighted by Gasteiger charge is -2.12. The van der Waals surface area contributed by atoms with Crippen LogP contribution in [0.25, 0.3) is 10.4 Å². The lowest BCUT2D eigenvalue weighted by molar-refractivity contribution is 0.0703. The van der Waals surface area contributed by atoms with Gasteiger partial charge in [-0.25, -0.2) is 13.2 Å². The summed E-state index contributed by atoms with van der Waals surface area (Å²) in [5.74, 6) is -0.622. The van der Waals surface area contributed by atoms with Gasteiger partial charge in [0.1, 0.15) is 4.88 Å². The third-order valence-electron chi connectivity index (χ3n) is 5.13. The van der Waals surface area contributed by atoms with E-state index in [-0.39, 0.29) is 15.5 Å². The van der Waals surface area contributed by atoms with Crippen molar-refractivity contribution in [3.8, 4) is 10.4 Å². The van der Waals surface area contributed by atoms with Gasteiger partial charge in [0.05, 0.1) is 10.6 Å². The molecule has 3 rings (SSSR count). The summed E-state index contributed by atoms with van der Waals surface area (Å²) in [7, 11) is -3.94. The van der Waals surface area contributed by atoms with Crippen LogP contribution in [0.4, 0.5) is 5.69 Å². The van der Waals surface area contributed by atoms with E-state index in [9.17, 15) is 18.3 Å². The Kier molecular flexibility index (Phi) is 6.57. The molecule has 1 aromatic heterocycles. The van der Waals surface area contributed by atoms with Crippen LogP contribution in [0.5, 0.6) is 0 Å². The van der Waals surface area contributed by atoms with Gasteiger partial charge in [0, 0.05) is 4.88 Å². The van der Waals surface area contributed by atoms with Crippen LogP contribution in [-0.4, -0.2) is 19.5 Å². The number of carboxylic acid groups (broad SMARTS) is 1. The molecule has 2 aromatic carbocycles. The lowest BCUT2D eigenvalue weighted by Crippen LogP contribution is -2.16. The van der Waals surface area contributed by atoms with Crippen LogP contribution in [0.2, 0.25) is 0 Å². The molecule has 5 nitrogen and oxygen atoms in total. The molecular weight excluding hydrogens is 430 g/mol. The zero-order valence-electron chi connectivity index (χ0n) is 18.3. The van der Waals surface area contributed by atoms with Crippen LogP contribution in [-0.2, 0) is 16.4 Å². The molecule has 3 aromatic rings. The fourth-order valence-corrected chi connectivity index (χ4v) is 5.87. The van der Waals surface area contributed by atoms with Gasteiger partial charge in [0.25, 0.3) is 10.0 Å². The van der Waals surface area contributed by atoms with Crippen LogP contribution in [0.1, 0.15) is 45.8 Å². The van der Waals surface area contributed by atoms with Crippen molar-refractivity contribution < 1.29 is 18.3 Å². The number of sulfonamides is 1. The van der Waals surface area contributed by atoms with E-state index in [1.165, 1.54) is 5.56 Å². The van der Waals surface area contributed by atoms with E-state index in [0.717, 1.165) is 34.4 Å². The van der Waals surface area contributed by atoms with Gasteiger partial charge in [-0.3, -0.25) is 4.72 Å². The predicted octanol–water partition coefficient (Wildman–Crippen LogP) is 6.04. The molecule has 0 atom stereocenters. The topological polar surface area (TPSA) is 83.5 Å². The molecule has 164 valence electrons.